The van der Waals surface area contributed by atoms with E-state index >= 15 is 0 Å². The van der Waals surface area contributed by atoms with Gasteiger partial charge in [-0.2, -0.15) is 0 Å². The lowest BCUT2D eigenvalue weighted by Gasteiger charge is -2.06. The lowest BCUT2D eigenvalue weighted by Crippen LogP contribution is -2.09. The molecule has 4 rings (SSSR count). The number of benzene rings is 2. The van der Waals surface area contributed by atoms with Crippen molar-refractivity contribution in [2.24, 2.45) is 0 Å². The molecule has 0 bridgehead atoms. The van der Waals surface area contributed by atoms with Gasteiger partial charge in [-0.1, -0.05) is 11.6 Å². The molecule has 2 aromatic carbocycles. The molecule has 32 heavy (non-hydrogen) atoms. The molecular formula is C25H22N2O4S. The first-order valence-corrected chi connectivity index (χ1v) is 10.8. The van der Waals surface area contributed by atoms with Crippen molar-refractivity contribution in [1.29, 1.82) is 0 Å². The average molecular weight is 447 g/mol. The number of rotatable bonds is 5. The van der Waals surface area contributed by atoms with Crippen molar-refractivity contribution in [3.8, 4) is 17.0 Å². The van der Waals surface area contributed by atoms with Crippen LogP contribution in [0.3, 0.4) is 0 Å². The molecule has 0 fully saturated rings. The van der Waals surface area contributed by atoms with Crippen molar-refractivity contribution in [2.45, 2.75) is 20.8 Å². The van der Waals surface area contributed by atoms with E-state index in [2.05, 4.69) is 10.3 Å². The molecule has 2 aromatic heterocycles. The van der Waals surface area contributed by atoms with Crippen LogP contribution in [0.5, 0.6) is 5.75 Å². The predicted octanol–water partition coefficient (Wildman–Crippen LogP) is 5.50. The summed E-state index contributed by atoms with van der Waals surface area (Å²) in [5, 5.41) is 3.75. The van der Waals surface area contributed by atoms with Crippen LogP contribution in [0, 0.1) is 20.8 Å². The van der Waals surface area contributed by atoms with Gasteiger partial charge in [0, 0.05) is 16.5 Å². The summed E-state index contributed by atoms with van der Waals surface area (Å²) in [6, 6.07) is 11.3. The Morgan fingerprint density at radius 2 is 1.97 bits per heavy atom. The fourth-order valence-electron chi connectivity index (χ4n) is 3.43. The molecule has 4 aromatic rings. The maximum Gasteiger partial charge on any atom is 0.250 e. The van der Waals surface area contributed by atoms with Gasteiger partial charge in [-0.3, -0.25) is 14.9 Å². The lowest BCUT2D eigenvalue weighted by atomic mass is 10.1. The van der Waals surface area contributed by atoms with E-state index in [4.69, 9.17) is 9.15 Å². The maximum absolute atomic E-state index is 12.7. The van der Waals surface area contributed by atoms with E-state index in [0.29, 0.717) is 21.7 Å². The number of hydrogen-bond acceptors (Lipinski definition) is 6. The van der Waals surface area contributed by atoms with Gasteiger partial charge in [0.05, 0.1) is 23.8 Å². The zero-order valence-electron chi connectivity index (χ0n) is 18.2. The van der Waals surface area contributed by atoms with Gasteiger partial charge in [0.15, 0.2) is 10.6 Å². The molecule has 6 nitrogen and oxygen atoms in total. The molecular weight excluding hydrogens is 424 g/mol. The van der Waals surface area contributed by atoms with E-state index in [9.17, 15) is 9.59 Å². The maximum atomic E-state index is 12.7. The predicted molar refractivity (Wildman–Crippen MR) is 128 cm³/mol. The highest BCUT2D eigenvalue weighted by molar-refractivity contribution is 7.16. The number of nitrogens with zero attached hydrogens (tertiary/aromatic N) is 1. The summed E-state index contributed by atoms with van der Waals surface area (Å²) in [7, 11) is 1.64. The largest absolute Gasteiger partial charge is 0.496 e. The van der Waals surface area contributed by atoms with Gasteiger partial charge in [0.25, 0.3) is 0 Å². The molecule has 0 aliphatic heterocycles. The number of carbonyl (C=O) groups is 1. The fraction of sp³-hybridized carbons (Fsp3) is 0.160. The Bertz CT molecular complexity index is 1420. The minimum absolute atomic E-state index is 0.179. The summed E-state index contributed by atoms with van der Waals surface area (Å²) in [6.07, 6.45) is 4.13. The molecule has 0 unspecified atom stereocenters. The van der Waals surface area contributed by atoms with E-state index in [1.165, 1.54) is 29.8 Å². The van der Waals surface area contributed by atoms with Crippen molar-refractivity contribution >= 4 is 39.4 Å². The molecule has 0 saturated carbocycles. The average Bonchev–Trinajstić information content (AvgIpc) is 3.13. The number of amides is 1. The molecule has 2 heterocycles. The van der Waals surface area contributed by atoms with Crippen molar-refractivity contribution in [1.82, 2.24) is 4.98 Å². The fourth-order valence-corrected chi connectivity index (χ4v) is 4.27. The molecule has 1 amide bonds. The minimum atomic E-state index is -0.375. The Morgan fingerprint density at radius 3 is 2.72 bits per heavy atom. The van der Waals surface area contributed by atoms with E-state index in [1.807, 2.05) is 45.0 Å². The van der Waals surface area contributed by atoms with E-state index in [1.54, 1.807) is 19.2 Å². The van der Waals surface area contributed by atoms with Crippen LogP contribution in [0.15, 0.2) is 57.9 Å². The number of ether oxygens (including phenoxy) is 1. The number of aromatic nitrogens is 1. The molecule has 0 saturated heterocycles. The SMILES string of the molecule is COc1ccc(-c2nc(NC(=O)/C=C/c3coc4ccc(C)cc4c3=O)sc2C)cc1C. The van der Waals surface area contributed by atoms with Crippen LogP contribution in [0.4, 0.5) is 5.13 Å². The van der Waals surface area contributed by atoms with Crippen LogP contribution in [-0.4, -0.2) is 18.0 Å². The van der Waals surface area contributed by atoms with Crippen molar-refractivity contribution < 1.29 is 13.9 Å². The van der Waals surface area contributed by atoms with E-state index in [-0.39, 0.29) is 11.3 Å². The summed E-state index contributed by atoms with van der Waals surface area (Å²) in [6.45, 7) is 5.84. The molecule has 0 atom stereocenters. The molecule has 0 aliphatic carbocycles. The second-order valence-electron chi connectivity index (χ2n) is 7.45. The first-order chi connectivity index (χ1) is 15.4. The number of anilines is 1. The summed E-state index contributed by atoms with van der Waals surface area (Å²) in [4.78, 5) is 30.7. The second-order valence-corrected chi connectivity index (χ2v) is 8.65. The summed E-state index contributed by atoms with van der Waals surface area (Å²) in [5.41, 5.74) is 4.38. The van der Waals surface area contributed by atoms with Gasteiger partial charge in [0.1, 0.15) is 17.6 Å². The highest BCUT2D eigenvalue weighted by Crippen LogP contribution is 2.32. The number of hydrogen-bond donors (Lipinski definition) is 1. The van der Waals surface area contributed by atoms with Crippen molar-refractivity contribution in [2.75, 3.05) is 12.4 Å². The Balaban J connectivity index is 1.53. The Hall–Kier alpha value is -3.71. The first-order valence-electron chi connectivity index (χ1n) is 9.99. The normalized spacial score (nSPS) is 11.2. The lowest BCUT2D eigenvalue weighted by molar-refractivity contribution is -0.111. The van der Waals surface area contributed by atoms with Crippen LogP contribution in [-0.2, 0) is 4.79 Å². The monoisotopic (exact) mass is 446 g/mol. The summed E-state index contributed by atoms with van der Waals surface area (Å²) < 4.78 is 10.8. The van der Waals surface area contributed by atoms with Crippen LogP contribution in [0.1, 0.15) is 21.6 Å². The highest BCUT2D eigenvalue weighted by Gasteiger charge is 2.13. The molecule has 0 aliphatic rings. The Labute approximate surface area is 189 Å². The molecule has 7 heteroatoms. The van der Waals surface area contributed by atoms with Gasteiger partial charge in [-0.15, -0.1) is 11.3 Å². The number of thiazole rings is 1. The zero-order valence-corrected chi connectivity index (χ0v) is 19.0. The quantitative estimate of drug-likeness (QED) is 0.409. The standard InChI is InChI=1S/C25H22N2O4S/c1-14-5-8-21-19(11-14)24(29)18(13-31-21)7-10-22(28)26-25-27-23(16(3)32-25)17-6-9-20(30-4)15(2)12-17/h5-13H,1-4H3,(H,26,27,28)/b10-7+. The smallest absolute Gasteiger partial charge is 0.250 e. The van der Waals surface area contributed by atoms with Gasteiger partial charge < -0.3 is 9.15 Å². The van der Waals surface area contributed by atoms with Crippen LogP contribution < -0.4 is 15.5 Å². The molecule has 1 N–H and O–H groups in total. The van der Waals surface area contributed by atoms with Crippen LogP contribution >= 0.6 is 11.3 Å². The third-order valence-corrected chi connectivity index (χ3v) is 5.95. The van der Waals surface area contributed by atoms with Gasteiger partial charge in [0.2, 0.25) is 5.91 Å². The topological polar surface area (TPSA) is 81.4 Å². The van der Waals surface area contributed by atoms with Crippen molar-refractivity contribution in [3.05, 3.63) is 80.5 Å². The minimum Gasteiger partial charge on any atom is -0.496 e. The highest BCUT2D eigenvalue weighted by atomic mass is 32.1. The third kappa shape index (κ3) is 4.33. The number of methoxy groups -OCH3 is 1. The summed E-state index contributed by atoms with van der Waals surface area (Å²) in [5.74, 6) is 0.438. The van der Waals surface area contributed by atoms with Crippen molar-refractivity contribution in [3.63, 3.8) is 0 Å². The number of nitrogens with one attached hydrogen (secondary N) is 1. The zero-order chi connectivity index (χ0) is 22.8. The third-order valence-electron chi connectivity index (χ3n) is 5.06. The molecule has 0 spiro atoms. The Kier molecular flexibility index (Phi) is 5.92. The summed E-state index contributed by atoms with van der Waals surface area (Å²) >= 11 is 1.39. The van der Waals surface area contributed by atoms with Gasteiger partial charge in [-0.05, 0) is 62.7 Å². The van der Waals surface area contributed by atoms with Gasteiger partial charge >= 0.3 is 0 Å². The second kappa shape index (κ2) is 8.80. The Morgan fingerprint density at radius 1 is 1.16 bits per heavy atom. The van der Waals surface area contributed by atoms with E-state index in [0.717, 1.165) is 33.0 Å². The van der Waals surface area contributed by atoms with Gasteiger partial charge in [-0.25, -0.2) is 4.98 Å². The van der Waals surface area contributed by atoms with Crippen LogP contribution in [0.25, 0.3) is 28.3 Å². The first kappa shape index (κ1) is 21.5. The number of fused-ring (bicyclic) bond motifs is 1. The molecule has 162 valence electrons. The molecule has 0 radical (unpaired) electrons. The van der Waals surface area contributed by atoms with E-state index < -0.39 is 0 Å². The van der Waals surface area contributed by atoms with Crippen LogP contribution in [0.2, 0.25) is 0 Å². The number of carbonyl (C=O) groups excluding carboxylic acids is 1. The number of aryl methyl sites for hydroxylation is 3.